The van der Waals surface area contributed by atoms with E-state index >= 15 is 0 Å². The van der Waals surface area contributed by atoms with Gasteiger partial charge in [-0.1, -0.05) is 45.4 Å². The van der Waals surface area contributed by atoms with Crippen LogP contribution >= 0.6 is 39.3 Å². The lowest BCUT2D eigenvalue weighted by Crippen LogP contribution is -2.31. The molecule has 0 saturated heterocycles. The third-order valence-electron chi connectivity index (χ3n) is 5.55. The number of amides is 3. The molecule has 3 amide bonds. The predicted molar refractivity (Wildman–Crippen MR) is 151 cm³/mol. The van der Waals surface area contributed by atoms with Crippen LogP contribution in [0, 0.1) is 0 Å². The van der Waals surface area contributed by atoms with Gasteiger partial charge in [0.05, 0.1) is 12.8 Å². The smallest absolute Gasteiger partial charge is 0.278 e. The van der Waals surface area contributed by atoms with Crippen LogP contribution in [0.4, 0.5) is 11.4 Å². The molecule has 0 spiro atoms. The highest BCUT2D eigenvalue weighted by atomic mass is 79.9. The van der Waals surface area contributed by atoms with Crippen molar-refractivity contribution in [2.45, 2.75) is 11.4 Å². The molecule has 0 bridgehead atoms. The van der Waals surface area contributed by atoms with Gasteiger partial charge in [-0.3, -0.25) is 19.3 Å². The van der Waals surface area contributed by atoms with E-state index in [0.29, 0.717) is 32.6 Å². The first-order valence-electron chi connectivity index (χ1n) is 11.4. The van der Waals surface area contributed by atoms with Crippen molar-refractivity contribution in [1.29, 1.82) is 0 Å². The van der Waals surface area contributed by atoms with Gasteiger partial charge in [0, 0.05) is 31.3 Å². The maximum Gasteiger partial charge on any atom is 0.278 e. The van der Waals surface area contributed by atoms with Gasteiger partial charge < -0.3 is 15.1 Å². The minimum atomic E-state index is -0.455. The number of nitrogens with zero attached hydrogens (tertiary/aromatic N) is 1. The summed E-state index contributed by atoms with van der Waals surface area (Å²) in [6.45, 7) is 0.0113. The number of hydrogen-bond acceptors (Lipinski definition) is 6. The zero-order chi connectivity index (χ0) is 26.6. The number of furan rings is 1. The average Bonchev–Trinajstić information content (AvgIpc) is 3.50. The summed E-state index contributed by atoms with van der Waals surface area (Å²) in [5, 5.41) is 6.51. The number of carbonyl (C=O) groups excluding carboxylic acids is 3. The van der Waals surface area contributed by atoms with E-state index in [0.717, 1.165) is 21.1 Å². The first-order valence-corrected chi connectivity index (χ1v) is 13.4. The van der Waals surface area contributed by atoms with Crippen molar-refractivity contribution in [3.63, 3.8) is 0 Å². The van der Waals surface area contributed by atoms with Crippen molar-refractivity contribution in [3.8, 4) is 0 Å². The molecule has 1 aromatic heterocycles. The first kappa shape index (κ1) is 25.8. The molecule has 0 aliphatic carbocycles. The van der Waals surface area contributed by atoms with Crippen LogP contribution < -0.4 is 10.6 Å². The molecule has 4 aromatic rings. The fourth-order valence-corrected chi connectivity index (χ4v) is 5.09. The quantitative estimate of drug-likeness (QED) is 0.211. The van der Waals surface area contributed by atoms with E-state index in [4.69, 9.17) is 16.0 Å². The Hall–Kier alpha value is -3.79. The van der Waals surface area contributed by atoms with Gasteiger partial charge in [0.2, 0.25) is 0 Å². The number of carbonyl (C=O) groups is 3. The van der Waals surface area contributed by atoms with E-state index in [1.54, 1.807) is 72.8 Å². The summed E-state index contributed by atoms with van der Waals surface area (Å²) in [5.74, 6) is -0.694. The molecule has 2 N–H and O–H groups in total. The number of thioether (sulfide) groups is 1. The Morgan fingerprint density at radius 1 is 0.921 bits per heavy atom. The maximum atomic E-state index is 13.4. The summed E-state index contributed by atoms with van der Waals surface area (Å²) >= 11 is 10.5. The highest BCUT2D eigenvalue weighted by molar-refractivity contribution is 9.10. The van der Waals surface area contributed by atoms with Crippen LogP contribution in [0.2, 0.25) is 5.02 Å². The molecule has 3 aromatic carbocycles. The maximum absolute atomic E-state index is 13.4. The lowest BCUT2D eigenvalue weighted by Gasteiger charge is -2.13. The average molecular weight is 609 g/mol. The number of anilines is 2. The fourth-order valence-electron chi connectivity index (χ4n) is 3.70. The zero-order valence-electron chi connectivity index (χ0n) is 19.6. The predicted octanol–water partition coefficient (Wildman–Crippen LogP) is 6.93. The highest BCUT2D eigenvalue weighted by Crippen LogP contribution is 2.37. The molecule has 5 rings (SSSR count). The van der Waals surface area contributed by atoms with Crippen LogP contribution in [-0.2, 0) is 16.1 Å². The molecular weight excluding hydrogens is 590 g/mol. The summed E-state index contributed by atoms with van der Waals surface area (Å²) in [6.07, 6.45) is 1.49. The molecule has 1 aliphatic rings. The standard InChI is InChI=1S/C28H19BrClN3O4S/c29-18-8-12-20(13-9-18)31-24-25(28(36)33(27(24)35)16-22-4-2-14-37-22)38-23-5-1-3-21(15-23)32-26(34)17-6-10-19(30)11-7-17/h1-15,31H,16H2,(H,32,34). The minimum Gasteiger partial charge on any atom is -0.467 e. The molecule has 1 aliphatic heterocycles. The number of benzene rings is 3. The lowest BCUT2D eigenvalue weighted by molar-refractivity contribution is -0.138. The highest BCUT2D eigenvalue weighted by Gasteiger charge is 2.39. The lowest BCUT2D eigenvalue weighted by atomic mass is 10.2. The van der Waals surface area contributed by atoms with E-state index in [1.165, 1.54) is 6.26 Å². The van der Waals surface area contributed by atoms with Crippen LogP contribution in [0.1, 0.15) is 16.1 Å². The van der Waals surface area contributed by atoms with Crippen molar-refractivity contribution in [1.82, 2.24) is 4.90 Å². The number of imide groups is 1. The molecule has 0 fully saturated rings. The third-order valence-corrected chi connectivity index (χ3v) is 7.40. The molecule has 0 atom stereocenters. The number of rotatable bonds is 8. The van der Waals surface area contributed by atoms with Gasteiger partial charge in [0.1, 0.15) is 16.4 Å². The van der Waals surface area contributed by atoms with Gasteiger partial charge in [0.15, 0.2) is 0 Å². The Labute approximate surface area is 236 Å². The Balaban J connectivity index is 1.41. The summed E-state index contributed by atoms with van der Waals surface area (Å²) in [7, 11) is 0. The van der Waals surface area contributed by atoms with E-state index in [1.807, 2.05) is 12.1 Å². The van der Waals surface area contributed by atoms with Crippen LogP contribution in [0.25, 0.3) is 0 Å². The Kier molecular flexibility index (Phi) is 7.69. The van der Waals surface area contributed by atoms with Crippen LogP contribution in [0.3, 0.4) is 0 Å². The van der Waals surface area contributed by atoms with E-state index in [2.05, 4.69) is 26.6 Å². The van der Waals surface area contributed by atoms with Gasteiger partial charge >= 0.3 is 0 Å². The molecule has 190 valence electrons. The largest absolute Gasteiger partial charge is 0.467 e. The molecule has 38 heavy (non-hydrogen) atoms. The molecule has 0 unspecified atom stereocenters. The van der Waals surface area contributed by atoms with Crippen LogP contribution in [0.5, 0.6) is 0 Å². The fraction of sp³-hybridized carbons (Fsp3) is 0.0357. The molecule has 0 saturated carbocycles. The van der Waals surface area contributed by atoms with Gasteiger partial charge in [-0.25, -0.2) is 0 Å². The Morgan fingerprint density at radius 3 is 2.39 bits per heavy atom. The monoisotopic (exact) mass is 607 g/mol. The second kappa shape index (κ2) is 11.3. The van der Waals surface area contributed by atoms with Crippen molar-refractivity contribution in [2.75, 3.05) is 10.6 Å². The topological polar surface area (TPSA) is 91.7 Å². The summed E-state index contributed by atoms with van der Waals surface area (Å²) in [6, 6.07) is 24.3. The van der Waals surface area contributed by atoms with Gasteiger partial charge in [-0.2, -0.15) is 0 Å². The van der Waals surface area contributed by atoms with Crippen LogP contribution in [-0.4, -0.2) is 22.6 Å². The zero-order valence-corrected chi connectivity index (χ0v) is 22.8. The van der Waals surface area contributed by atoms with Gasteiger partial charge in [0.25, 0.3) is 17.7 Å². The molecule has 10 heteroatoms. The summed E-state index contributed by atoms with van der Waals surface area (Å²) in [4.78, 5) is 41.5. The SMILES string of the molecule is O=C(Nc1cccc(SC2=C(Nc3ccc(Br)cc3)C(=O)N(Cc3ccco3)C2=O)c1)c1ccc(Cl)cc1. The Bertz CT molecular complexity index is 1540. The Morgan fingerprint density at radius 2 is 1.68 bits per heavy atom. The van der Waals surface area contributed by atoms with Crippen molar-refractivity contribution in [3.05, 3.63) is 123 Å². The summed E-state index contributed by atoms with van der Waals surface area (Å²) < 4.78 is 6.25. The molecular formula is C28H19BrClN3O4S. The summed E-state index contributed by atoms with van der Waals surface area (Å²) in [5.41, 5.74) is 1.83. The molecule has 0 radical (unpaired) electrons. The van der Waals surface area contributed by atoms with Gasteiger partial charge in [-0.15, -0.1) is 0 Å². The molecule has 7 nitrogen and oxygen atoms in total. The first-order chi connectivity index (χ1) is 18.4. The van der Waals surface area contributed by atoms with Crippen molar-refractivity contribution in [2.24, 2.45) is 0 Å². The second-order valence-electron chi connectivity index (χ2n) is 8.20. The number of nitrogens with one attached hydrogen (secondary N) is 2. The van der Waals surface area contributed by atoms with Crippen molar-refractivity contribution >= 4 is 68.4 Å². The minimum absolute atomic E-state index is 0.0113. The third kappa shape index (κ3) is 5.85. The number of halogens is 2. The molecule has 2 heterocycles. The number of hydrogen-bond donors (Lipinski definition) is 2. The van der Waals surface area contributed by atoms with E-state index < -0.39 is 11.8 Å². The van der Waals surface area contributed by atoms with Gasteiger partial charge in [-0.05, 0) is 78.9 Å². The second-order valence-corrected chi connectivity index (χ2v) is 10.6. The van der Waals surface area contributed by atoms with E-state index in [9.17, 15) is 14.4 Å². The van der Waals surface area contributed by atoms with Crippen molar-refractivity contribution < 1.29 is 18.8 Å². The van der Waals surface area contributed by atoms with E-state index in [-0.39, 0.29) is 23.1 Å². The normalized spacial score (nSPS) is 13.3. The van der Waals surface area contributed by atoms with Crippen LogP contribution in [0.15, 0.2) is 116 Å².